The van der Waals surface area contributed by atoms with Crippen molar-refractivity contribution in [1.82, 2.24) is 19.4 Å². The number of aliphatic hydroxyl groups excluding tert-OH is 1. The van der Waals surface area contributed by atoms with Gasteiger partial charge in [0.15, 0.2) is 0 Å². The van der Waals surface area contributed by atoms with Crippen molar-refractivity contribution in [2.45, 2.75) is 13.0 Å². The van der Waals surface area contributed by atoms with Gasteiger partial charge in [-0.05, 0) is 24.2 Å². The Hall–Kier alpha value is -1.43. The first-order chi connectivity index (χ1) is 10.2. The summed E-state index contributed by atoms with van der Waals surface area (Å²) in [5, 5.41) is 10.5. The van der Waals surface area contributed by atoms with E-state index >= 15 is 0 Å². The van der Waals surface area contributed by atoms with Crippen LogP contribution in [0.2, 0.25) is 0 Å². The maximum absolute atomic E-state index is 10.5. The number of aromatic nitrogens is 2. The number of nitrogens with zero attached hydrogens (tertiary/aromatic N) is 4. The van der Waals surface area contributed by atoms with Gasteiger partial charge in [-0.3, -0.25) is 4.90 Å². The van der Waals surface area contributed by atoms with Crippen molar-refractivity contribution in [2.75, 3.05) is 39.3 Å². The summed E-state index contributed by atoms with van der Waals surface area (Å²) in [6.07, 6.45) is 1.37. The Morgan fingerprint density at radius 1 is 1.19 bits per heavy atom. The summed E-state index contributed by atoms with van der Waals surface area (Å²) in [6, 6.07) is 6.05. The van der Waals surface area contributed by atoms with Crippen LogP contribution in [0.4, 0.5) is 0 Å². The van der Waals surface area contributed by atoms with Crippen LogP contribution in [-0.4, -0.2) is 63.7 Å². The second kappa shape index (κ2) is 6.13. The number of hydrogen-bond donors (Lipinski definition) is 1. The van der Waals surface area contributed by atoms with E-state index in [9.17, 15) is 5.11 Å². The molecule has 1 aromatic heterocycles. The third-order valence-corrected chi connectivity index (χ3v) is 4.48. The first kappa shape index (κ1) is 14.5. The van der Waals surface area contributed by atoms with Gasteiger partial charge in [0.2, 0.25) is 0 Å². The largest absolute Gasteiger partial charge is 0.387 e. The van der Waals surface area contributed by atoms with Crippen LogP contribution >= 0.6 is 0 Å². The van der Waals surface area contributed by atoms with E-state index in [0.717, 1.165) is 49.3 Å². The highest BCUT2D eigenvalue weighted by atomic mass is 16.3. The summed E-state index contributed by atoms with van der Waals surface area (Å²) in [7, 11) is 1.98. The molecule has 0 radical (unpaired) electrons. The molecule has 1 fully saturated rings. The number of β-amino-alcohol motifs (C(OH)–C–C–N with tert-alkyl or cyclic N) is 1. The lowest BCUT2D eigenvalue weighted by atomic mass is 10.1. The normalized spacial score (nSPS) is 19.2. The van der Waals surface area contributed by atoms with E-state index in [1.54, 1.807) is 0 Å². The fourth-order valence-corrected chi connectivity index (χ4v) is 3.00. The Morgan fingerprint density at radius 2 is 1.90 bits per heavy atom. The molecule has 0 aliphatic carbocycles. The van der Waals surface area contributed by atoms with Crippen molar-refractivity contribution in [2.24, 2.45) is 7.05 Å². The smallest absolute Gasteiger partial charge is 0.0955 e. The third kappa shape index (κ3) is 3.10. The Labute approximate surface area is 125 Å². The van der Waals surface area contributed by atoms with Gasteiger partial charge in [0.1, 0.15) is 0 Å². The SMILES string of the molecule is CCN1CCN(CC(O)c2ccc3c(c2)ncn3C)CC1. The van der Waals surface area contributed by atoms with Crippen molar-refractivity contribution >= 4 is 11.0 Å². The highest BCUT2D eigenvalue weighted by molar-refractivity contribution is 5.76. The Kier molecular flexibility index (Phi) is 4.24. The van der Waals surface area contributed by atoms with Crippen molar-refractivity contribution in [3.8, 4) is 0 Å². The average molecular weight is 288 g/mol. The van der Waals surface area contributed by atoms with Crippen molar-refractivity contribution in [3.63, 3.8) is 0 Å². The van der Waals surface area contributed by atoms with Gasteiger partial charge in [-0.25, -0.2) is 4.98 Å². The molecule has 2 aromatic rings. The monoisotopic (exact) mass is 288 g/mol. The van der Waals surface area contributed by atoms with Crippen LogP contribution in [0.25, 0.3) is 11.0 Å². The molecule has 1 unspecified atom stereocenters. The molecule has 1 N–H and O–H groups in total. The van der Waals surface area contributed by atoms with Crippen LogP contribution in [0.15, 0.2) is 24.5 Å². The highest BCUT2D eigenvalue weighted by Crippen LogP contribution is 2.20. The number of hydrogen-bond acceptors (Lipinski definition) is 4. The lowest BCUT2D eigenvalue weighted by molar-refractivity contribution is 0.0744. The van der Waals surface area contributed by atoms with Gasteiger partial charge >= 0.3 is 0 Å². The van der Waals surface area contributed by atoms with Gasteiger partial charge in [-0.15, -0.1) is 0 Å². The molecule has 1 saturated heterocycles. The zero-order chi connectivity index (χ0) is 14.8. The van der Waals surface area contributed by atoms with Crippen molar-refractivity contribution < 1.29 is 5.11 Å². The number of aryl methyl sites for hydroxylation is 1. The standard InChI is InChI=1S/C16H24N4O/c1-3-19-6-8-20(9-7-19)11-16(21)13-4-5-15-14(10-13)17-12-18(15)2/h4-5,10,12,16,21H,3,6-9,11H2,1-2H3. The maximum atomic E-state index is 10.5. The first-order valence-corrected chi connectivity index (χ1v) is 7.71. The zero-order valence-corrected chi connectivity index (χ0v) is 12.9. The predicted octanol–water partition coefficient (Wildman–Crippen LogP) is 1.24. The number of imidazole rings is 1. The quantitative estimate of drug-likeness (QED) is 0.919. The van der Waals surface area contributed by atoms with Crippen LogP contribution in [-0.2, 0) is 7.05 Å². The second-order valence-electron chi connectivity index (χ2n) is 5.85. The number of fused-ring (bicyclic) bond motifs is 1. The van der Waals surface area contributed by atoms with Gasteiger partial charge in [0, 0.05) is 39.8 Å². The minimum absolute atomic E-state index is 0.440. The number of rotatable bonds is 4. The first-order valence-electron chi connectivity index (χ1n) is 7.71. The van der Waals surface area contributed by atoms with Crippen molar-refractivity contribution in [3.05, 3.63) is 30.1 Å². The van der Waals surface area contributed by atoms with E-state index < -0.39 is 6.10 Å². The Bertz CT molecular complexity index is 601. The molecule has 0 saturated carbocycles. The Balaban J connectivity index is 1.65. The summed E-state index contributed by atoms with van der Waals surface area (Å²) < 4.78 is 2.00. The summed E-state index contributed by atoms with van der Waals surface area (Å²) in [5.41, 5.74) is 3.01. The molecule has 1 aromatic carbocycles. The second-order valence-corrected chi connectivity index (χ2v) is 5.85. The van der Waals surface area contributed by atoms with Crippen LogP contribution in [0.3, 0.4) is 0 Å². The van der Waals surface area contributed by atoms with Gasteiger partial charge in [-0.1, -0.05) is 13.0 Å². The lowest BCUT2D eigenvalue weighted by Crippen LogP contribution is -2.47. The molecular weight excluding hydrogens is 264 g/mol. The van der Waals surface area contributed by atoms with E-state index in [0.29, 0.717) is 6.54 Å². The molecule has 1 aliphatic heterocycles. The molecule has 21 heavy (non-hydrogen) atoms. The van der Waals surface area contributed by atoms with Gasteiger partial charge in [-0.2, -0.15) is 0 Å². The fraction of sp³-hybridized carbons (Fsp3) is 0.562. The third-order valence-electron chi connectivity index (χ3n) is 4.48. The summed E-state index contributed by atoms with van der Waals surface area (Å²) in [4.78, 5) is 9.15. The Morgan fingerprint density at radius 3 is 2.62 bits per heavy atom. The van der Waals surface area contributed by atoms with Crippen LogP contribution < -0.4 is 0 Å². The predicted molar refractivity (Wildman–Crippen MR) is 84.2 cm³/mol. The molecule has 0 amide bonds. The summed E-state index contributed by atoms with van der Waals surface area (Å²) >= 11 is 0. The number of aliphatic hydroxyl groups is 1. The lowest BCUT2D eigenvalue weighted by Gasteiger charge is -2.35. The fourth-order valence-electron chi connectivity index (χ4n) is 3.00. The molecule has 1 aliphatic rings. The zero-order valence-electron chi connectivity index (χ0n) is 12.9. The number of benzene rings is 1. The maximum Gasteiger partial charge on any atom is 0.0955 e. The molecule has 0 bridgehead atoms. The van der Waals surface area contributed by atoms with Crippen molar-refractivity contribution in [1.29, 1.82) is 0 Å². The molecule has 5 nitrogen and oxygen atoms in total. The molecule has 2 heterocycles. The average Bonchev–Trinajstić information content (AvgIpc) is 2.89. The molecular formula is C16H24N4O. The molecule has 1 atom stereocenters. The van der Waals surface area contributed by atoms with E-state index in [1.807, 2.05) is 36.1 Å². The van der Waals surface area contributed by atoms with Gasteiger partial charge in [0.05, 0.1) is 23.5 Å². The number of likely N-dealkylation sites (N-methyl/N-ethyl adjacent to an activating group) is 1. The van der Waals surface area contributed by atoms with Gasteiger partial charge < -0.3 is 14.6 Å². The highest BCUT2D eigenvalue weighted by Gasteiger charge is 2.19. The molecule has 114 valence electrons. The number of piperazine rings is 1. The molecule has 3 rings (SSSR count). The minimum Gasteiger partial charge on any atom is -0.387 e. The molecule has 0 spiro atoms. The minimum atomic E-state index is -0.440. The molecule has 5 heteroatoms. The van der Waals surface area contributed by atoms with E-state index in [2.05, 4.69) is 21.7 Å². The van der Waals surface area contributed by atoms with Crippen LogP contribution in [0, 0.1) is 0 Å². The van der Waals surface area contributed by atoms with Crippen LogP contribution in [0.5, 0.6) is 0 Å². The summed E-state index contributed by atoms with van der Waals surface area (Å²) in [6.45, 7) is 8.30. The van der Waals surface area contributed by atoms with Gasteiger partial charge in [0.25, 0.3) is 0 Å². The van der Waals surface area contributed by atoms with Crippen LogP contribution in [0.1, 0.15) is 18.6 Å². The topological polar surface area (TPSA) is 44.5 Å². The summed E-state index contributed by atoms with van der Waals surface area (Å²) in [5.74, 6) is 0. The van der Waals surface area contributed by atoms with E-state index in [-0.39, 0.29) is 0 Å². The van der Waals surface area contributed by atoms with E-state index in [1.165, 1.54) is 0 Å². The van der Waals surface area contributed by atoms with E-state index in [4.69, 9.17) is 0 Å².